The molecule has 0 saturated carbocycles. The van der Waals surface area contributed by atoms with E-state index in [0.717, 1.165) is 35.8 Å². The Hall–Kier alpha value is -1.34. The molecule has 3 nitrogen and oxygen atoms in total. The molecule has 84 valence electrons. The fraction of sp³-hybridized carbons (Fsp3) is 0.417. The second-order valence-electron chi connectivity index (χ2n) is 3.95. The summed E-state index contributed by atoms with van der Waals surface area (Å²) in [5.74, 6) is 1.50. The van der Waals surface area contributed by atoms with Crippen molar-refractivity contribution in [1.82, 2.24) is 0 Å². The molecular weight excluding hydrogens is 220 g/mol. The Kier molecular flexibility index (Phi) is 3.25. The van der Waals surface area contributed by atoms with Crippen LogP contribution in [0.25, 0.3) is 0 Å². The van der Waals surface area contributed by atoms with Crippen molar-refractivity contribution in [3.8, 4) is 6.07 Å². The highest BCUT2D eigenvalue weighted by Crippen LogP contribution is 2.22. The molecule has 0 spiro atoms. The lowest BCUT2D eigenvalue weighted by Gasteiger charge is -2.29. The zero-order valence-corrected chi connectivity index (χ0v) is 10.1. The summed E-state index contributed by atoms with van der Waals surface area (Å²) in [4.78, 5) is 2.25. The van der Waals surface area contributed by atoms with Crippen molar-refractivity contribution in [2.24, 2.45) is 0 Å². The fourth-order valence-electron chi connectivity index (χ4n) is 1.96. The van der Waals surface area contributed by atoms with Crippen LogP contribution >= 0.6 is 0 Å². The fourth-order valence-corrected chi connectivity index (χ4v) is 3.01. The van der Waals surface area contributed by atoms with Crippen LogP contribution in [0.2, 0.25) is 0 Å². The van der Waals surface area contributed by atoms with Gasteiger partial charge in [-0.1, -0.05) is 0 Å². The van der Waals surface area contributed by atoms with E-state index in [1.54, 1.807) is 0 Å². The van der Waals surface area contributed by atoms with Gasteiger partial charge in [0.1, 0.15) is 0 Å². The Morgan fingerprint density at radius 3 is 2.62 bits per heavy atom. The molecule has 0 unspecified atom stereocenters. The number of anilines is 1. The van der Waals surface area contributed by atoms with Crippen LogP contribution in [-0.2, 0) is 10.8 Å². The Labute approximate surface area is 98.1 Å². The third kappa shape index (κ3) is 2.25. The molecule has 1 saturated heterocycles. The van der Waals surface area contributed by atoms with Gasteiger partial charge in [0.25, 0.3) is 0 Å². The number of nitrogens with zero attached hydrogens (tertiary/aromatic N) is 2. The highest BCUT2D eigenvalue weighted by molar-refractivity contribution is 7.85. The highest BCUT2D eigenvalue weighted by Gasteiger charge is 2.16. The van der Waals surface area contributed by atoms with Gasteiger partial charge in [0.05, 0.1) is 11.6 Å². The average molecular weight is 234 g/mol. The quantitative estimate of drug-likeness (QED) is 0.738. The lowest BCUT2D eigenvalue weighted by Crippen LogP contribution is -2.38. The molecular formula is C12H14N2OS. The Bertz CT molecular complexity index is 455. The van der Waals surface area contributed by atoms with E-state index in [9.17, 15) is 4.21 Å². The molecule has 0 atom stereocenters. The minimum atomic E-state index is -0.641. The predicted octanol–water partition coefficient (Wildman–Crippen LogP) is 1.44. The zero-order valence-electron chi connectivity index (χ0n) is 9.27. The number of aryl methyl sites for hydroxylation is 1. The molecule has 1 aromatic rings. The minimum Gasteiger partial charge on any atom is -0.369 e. The molecule has 1 aliphatic heterocycles. The van der Waals surface area contributed by atoms with E-state index in [0.29, 0.717) is 5.56 Å². The van der Waals surface area contributed by atoms with E-state index in [1.165, 1.54) is 0 Å². The van der Waals surface area contributed by atoms with E-state index in [1.807, 2.05) is 25.1 Å². The van der Waals surface area contributed by atoms with E-state index >= 15 is 0 Å². The largest absolute Gasteiger partial charge is 0.369 e. The Morgan fingerprint density at radius 2 is 2.06 bits per heavy atom. The Balaban J connectivity index is 2.21. The second kappa shape index (κ2) is 4.67. The second-order valence-corrected chi connectivity index (χ2v) is 5.64. The average Bonchev–Trinajstić information content (AvgIpc) is 2.30. The van der Waals surface area contributed by atoms with Crippen molar-refractivity contribution < 1.29 is 4.21 Å². The van der Waals surface area contributed by atoms with Crippen LogP contribution in [0.3, 0.4) is 0 Å². The first kappa shape index (κ1) is 11.2. The molecule has 0 bridgehead atoms. The van der Waals surface area contributed by atoms with Crippen LogP contribution in [-0.4, -0.2) is 28.8 Å². The van der Waals surface area contributed by atoms with Crippen molar-refractivity contribution in [2.45, 2.75) is 6.92 Å². The molecule has 0 amide bonds. The van der Waals surface area contributed by atoms with Crippen LogP contribution in [0, 0.1) is 18.3 Å². The summed E-state index contributed by atoms with van der Waals surface area (Å²) in [5, 5.41) is 8.79. The topological polar surface area (TPSA) is 44.1 Å². The summed E-state index contributed by atoms with van der Waals surface area (Å²) in [7, 11) is -0.641. The number of hydrogen-bond acceptors (Lipinski definition) is 3. The van der Waals surface area contributed by atoms with Crippen LogP contribution in [0.1, 0.15) is 11.1 Å². The normalized spacial score (nSPS) is 17.1. The summed E-state index contributed by atoms with van der Waals surface area (Å²) in [6, 6.07) is 7.87. The van der Waals surface area contributed by atoms with E-state index in [2.05, 4.69) is 11.0 Å². The maximum Gasteiger partial charge on any atom is 0.0991 e. The summed E-state index contributed by atoms with van der Waals surface area (Å²) < 4.78 is 11.3. The molecule has 0 aromatic heterocycles. The smallest absolute Gasteiger partial charge is 0.0991 e. The first-order chi connectivity index (χ1) is 7.70. The number of hydrogen-bond donors (Lipinski definition) is 0. The molecule has 0 aliphatic carbocycles. The van der Waals surface area contributed by atoms with Crippen molar-refractivity contribution in [3.63, 3.8) is 0 Å². The van der Waals surface area contributed by atoms with Gasteiger partial charge in [0, 0.05) is 41.1 Å². The van der Waals surface area contributed by atoms with Gasteiger partial charge in [-0.05, 0) is 30.7 Å². The number of nitriles is 1. The molecule has 16 heavy (non-hydrogen) atoms. The third-order valence-corrected chi connectivity index (χ3v) is 4.12. The maximum absolute atomic E-state index is 11.3. The molecule has 0 N–H and O–H groups in total. The standard InChI is InChI=1S/C12H14N2OS/c1-10-8-11(9-13)2-3-12(10)14-4-6-16(15)7-5-14/h2-3,8H,4-7H2,1H3. The molecule has 1 heterocycles. The molecule has 1 aromatic carbocycles. The van der Waals surface area contributed by atoms with Gasteiger partial charge in [-0.25, -0.2) is 0 Å². The molecule has 1 aliphatic rings. The van der Waals surface area contributed by atoms with E-state index in [4.69, 9.17) is 5.26 Å². The minimum absolute atomic E-state index is 0.641. The van der Waals surface area contributed by atoms with Crippen LogP contribution in [0.15, 0.2) is 18.2 Å². The monoisotopic (exact) mass is 234 g/mol. The van der Waals surface area contributed by atoms with Gasteiger partial charge in [-0.2, -0.15) is 5.26 Å². The molecule has 1 fully saturated rings. The van der Waals surface area contributed by atoms with Gasteiger partial charge in [-0.3, -0.25) is 4.21 Å². The van der Waals surface area contributed by atoms with Crippen molar-refractivity contribution in [3.05, 3.63) is 29.3 Å². The van der Waals surface area contributed by atoms with Crippen molar-refractivity contribution in [1.29, 1.82) is 5.26 Å². The van der Waals surface area contributed by atoms with Gasteiger partial charge in [-0.15, -0.1) is 0 Å². The van der Waals surface area contributed by atoms with Crippen LogP contribution in [0.4, 0.5) is 5.69 Å². The first-order valence-electron chi connectivity index (χ1n) is 5.31. The third-order valence-electron chi connectivity index (χ3n) is 2.84. The molecule has 0 radical (unpaired) electrons. The maximum atomic E-state index is 11.3. The SMILES string of the molecule is Cc1cc(C#N)ccc1N1CCS(=O)CC1. The number of rotatable bonds is 1. The van der Waals surface area contributed by atoms with Crippen LogP contribution in [0.5, 0.6) is 0 Å². The van der Waals surface area contributed by atoms with E-state index < -0.39 is 10.8 Å². The number of benzene rings is 1. The predicted molar refractivity (Wildman–Crippen MR) is 66.0 cm³/mol. The van der Waals surface area contributed by atoms with E-state index in [-0.39, 0.29) is 0 Å². The van der Waals surface area contributed by atoms with Crippen molar-refractivity contribution in [2.75, 3.05) is 29.5 Å². The lowest BCUT2D eigenvalue weighted by atomic mass is 10.1. The molecule has 2 rings (SSSR count). The molecule has 4 heteroatoms. The van der Waals surface area contributed by atoms with Gasteiger partial charge < -0.3 is 4.90 Å². The highest BCUT2D eigenvalue weighted by atomic mass is 32.2. The Morgan fingerprint density at radius 1 is 1.38 bits per heavy atom. The summed E-state index contributed by atoms with van der Waals surface area (Å²) in [6.07, 6.45) is 0. The van der Waals surface area contributed by atoms with Crippen molar-refractivity contribution >= 4 is 16.5 Å². The summed E-state index contributed by atoms with van der Waals surface area (Å²) in [6.45, 7) is 3.71. The first-order valence-corrected chi connectivity index (χ1v) is 6.80. The summed E-state index contributed by atoms with van der Waals surface area (Å²) in [5.41, 5.74) is 2.98. The lowest BCUT2D eigenvalue weighted by molar-refractivity contribution is 0.673. The zero-order chi connectivity index (χ0) is 11.5. The van der Waals surface area contributed by atoms with Crippen LogP contribution < -0.4 is 4.90 Å². The van der Waals surface area contributed by atoms with Gasteiger partial charge in [0.15, 0.2) is 0 Å². The van der Waals surface area contributed by atoms with Gasteiger partial charge >= 0.3 is 0 Å². The summed E-state index contributed by atoms with van der Waals surface area (Å²) >= 11 is 0. The van der Waals surface area contributed by atoms with Gasteiger partial charge in [0.2, 0.25) is 0 Å².